The van der Waals surface area contributed by atoms with Gasteiger partial charge in [0, 0.05) is 19.6 Å². The fourth-order valence-corrected chi connectivity index (χ4v) is 3.84. The maximum atomic E-state index is 10.4. The molecular formula is C18H27NO2. The summed E-state index contributed by atoms with van der Waals surface area (Å²) < 4.78 is 5.58. The van der Waals surface area contributed by atoms with Gasteiger partial charge in [0.05, 0.1) is 12.7 Å². The van der Waals surface area contributed by atoms with E-state index >= 15 is 0 Å². The van der Waals surface area contributed by atoms with Gasteiger partial charge in [-0.1, -0.05) is 25.5 Å². The Morgan fingerprint density at radius 3 is 2.48 bits per heavy atom. The fourth-order valence-electron chi connectivity index (χ4n) is 3.84. The second-order valence-corrected chi connectivity index (χ2v) is 6.60. The summed E-state index contributed by atoms with van der Waals surface area (Å²) in [5.41, 5.74) is 0.996. The molecule has 1 saturated carbocycles. The van der Waals surface area contributed by atoms with Crippen LogP contribution >= 0.6 is 0 Å². The molecule has 1 heterocycles. The maximum absolute atomic E-state index is 10.4. The Morgan fingerprint density at radius 2 is 1.86 bits per heavy atom. The summed E-state index contributed by atoms with van der Waals surface area (Å²) in [4.78, 5) is 2.45. The van der Waals surface area contributed by atoms with E-state index in [-0.39, 0.29) is 6.10 Å². The summed E-state index contributed by atoms with van der Waals surface area (Å²) in [6.07, 6.45) is 4.82. The first kappa shape index (κ1) is 14.9. The minimum absolute atomic E-state index is 0.385. The predicted octanol–water partition coefficient (Wildman–Crippen LogP) is 3.24. The van der Waals surface area contributed by atoms with Gasteiger partial charge in [0.2, 0.25) is 0 Å². The number of aliphatic hydroxyl groups is 1. The molecular weight excluding hydrogens is 262 g/mol. The maximum Gasteiger partial charge on any atom is 0.119 e. The number of ether oxygens (including phenoxy) is 1. The third-order valence-electron chi connectivity index (χ3n) is 4.97. The molecule has 3 rings (SSSR count). The van der Waals surface area contributed by atoms with E-state index in [0.717, 1.165) is 42.7 Å². The van der Waals surface area contributed by atoms with Crippen LogP contribution in [0, 0.1) is 11.8 Å². The smallest absolute Gasteiger partial charge is 0.119 e. The molecule has 1 N–H and O–H groups in total. The summed E-state index contributed by atoms with van der Waals surface area (Å²) in [5.74, 6) is 2.67. The zero-order valence-electron chi connectivity index (χ0n) is 13.0. The lowest BCUT2D eigenvalue weighted by Crippen LogP contribution is -2.27. The van der Waals surface area contributed by atoms with Crippen molar-refractivity contribution in [3.8, 4) is 5.75 Å². The summed E-state index contributed by atoms with van der Waals surface area (Å²) in [6.45, 7) is 5.98. The van der Waals surface area contributed by atoms with E-state index in [1.54, 1.807) is 0 Å². The molecule has 1 aliphatic heterocycles. The number of rotatable bonds is 6. The van der Waals surface area contributed by atoms with Crippen molar-refractivity contribution in [1.29, 1.82) is 0 Å². The fraction of sp³-hybridized carbons (Fsp3) is 0.667. The molecule has 3 heteroatoms. The van der Waals surface area contributed by atoms with Gasteiger partial charge in [-0.05, 0) is 48.8 Å². The van der Waals surface area contributed by atoms with Crippen LogP contribution in [0.2, 0.25) is 0 Å². The molecule has 0 aromatic heterocycles. The van der Waals surface area contributed by atoms with E-state index in [0.29, 0.717) is 0 Å². The first-order valence-electron chi connectivity index (χ1n) is 8.39. The molecule has 3 nitrogen and oxygen atoms in total. The van der Waals surface area contributed by atoms with Gasteiger partial charge in [0.1, 0.15) is 5.75 Å². The molecule has 0 spiro atoms. The van der Waals surface area contributed by atoms with Crippen LogP contribution in [0.4, 0.5) is 0 Å². The normalized spacial score (nSPS) is 26.8. The summed E-state index contributed by atoms with van der Waals surface area (Å²) >= 11 is 0. The second kappa shape index (κ2) is 6.80. The zero-order chi connectivity index (χ0) is 14.7. The van der Waals surface area contributed by atoms with E-state index in [9.17, 15) is 5.11 Å². The van der Waals surface area contributed by atoms with Crippen molar-refractivity contribution in [2.45, 2.75) is 38.7 Å². The number of aliphatic hydroxyl groups excluding tert-OH is 1. The standard InChI is InChI=1S/C18H27NO2/c1-2-10-21-17-8-6-14(7-9-17)18(20)13-19-11-15-4-3-5-16(15)12-19/h6-9,15-16,18,20H,2-5,10-13H2,1H3. The number of hydrogen-bond donors (Lipinski definition) is 1. The third-order valence-corrected chi connectivity index (χ3v) is 4.97. The van der Waals surface area contributed by atoms with Crippen LogP contribution in [0.5, 0.6) is 5.75 Å². The molecule has 1 aromatic rings. The topological polar surface area (TPSA) is 32.7 Å². The van der Waals surface area contributed by atoms with E-state index in [2.05, 4.69) is 11.8 Å². The number of nitrogens with zero attached hydrogens (tertiary/aromatic N) is 1. The lowest BCUT2D eigenvalue weighted by atomic mass is 10.0. The molecule has 0 radical (unpaired) electrons. The van der Waals surface area contributed by atoms with Gasteiger partial charge in [0.15, 0.2) is 0 Å². The molecule has 0 bridgehead atoms. The highest BCUT2D eigenvalue weighted by atomic mass is 16.5. The van der Waals surface area contributed by atoms with E-state index in [1.807, 2.05) is 24.3 Å². The Balaban J connectivity index is 1.52. The third kappa shape index (κ3) is 3.58. The highest BCUT2D eigenvalue weighted by molar-refractivity contribution is 5.28. The van der Waals surface area contributed by atoms with Crippen molar-refractivity contribution in [3.05, 3.63) is 29.8 Å². The number of β-amino-alcohol motifs (C(OH)–C–C–N with tert-alkyl or cyclic N) is 1. The molecule has 2 fully saturated rings. The van der Waals surface area contributed by atoms with Crippen LogP contribution in [-0.2, 0) is 0 Å². The molecule has 1 aromatic carbocycles. The van der Waals surface area contributed by atoms with Gasteiger partial charge in [-0.25, -0.2) is 0 Å². The lowest BCUT2D eigenvalue weighted by Gasteiger charge is -2.21. The molecule has 3 atom stereocenters. The molecule has 0 amide bonds. The van der Waals surface area contributed by atoms with Crippen molar-refractivity contribution in [3.63, 3.8) is 0 Å². The lowest BCUT2D eigenvalue weighted by molar-refractivity contribution is 0.122. The van der Waals surface area contributed by atoms with E-state index in [4.69, 9.17) is 4.74 Å². The quantitative estimate of drug-likeness (QED) is 0.872. The van der Waals surface area contributed by atoms with Gasteiger partial charge in [-0.2, -0.15) is 0 Å². The van der Waals surface area contributed by atoms with Crippen molar-refractivity contribution >= 4 is 0 Å². The van der Waals surface area contributed by atoms with Crippen LogP contribution in [-0.4, -0.2) is 36.2 Å². The van der Waals surface area contributed by atoms with Crippen molar-refractivity contribution in [2.24, 2.45) is 11.8 Å². The van der Waals surface area contributed by atoms with Crippen molar-refractivity contribution < 1.29 is 9.84 Å². The average Bonchev–Trinajstić information content (AvgIpc) is 3.06. The van der Waals surface area contributed by atoms with Crippen molar-refractivity contribution in [1.82, 2.24) is 4.90 Å². The Kier molecular flexibility index (Phi) is 4.81. The molecule has 21 heavy (non-hydrogen) atoms. The predicted molar refractivity (Wildman–Crippen MR) is 84.5 cm³/mol. The monoisotopic (exact) mass is 289 g/mol. The van der Waals surface area contributed by atoms with Crippen LogP contribution in [0.15, 0.2) is 24.3 Å². The number of fused-ring (bicyclic) bond motifs is 1. The Labute approximate surface area is 127 Å². The Hall–Kier alpha value is -1.06. The summed E-state index contributed by atoms with van der Waals surface area (Å²) in [5, 5.41) is 10.4. The first-order chi connectivity index (χ1) is 10.3. The molecule has 1 saturated heterocycles. The Morgan fingerprint density at radius 1 is 1.19 bits per heavy atom. The number of benzene rings is 1. The largest absolute Gasteiger partial charge is 0.494 e. The minimum Gasteiger partial charge on any atom is -0.494 e. The Bertz CT molecular complexity index is 433. The van der Waals surface area contributed by atoms with Gasteiger partial charge >= 0.3 is 0 Å². The minimum atomic E-state index is -0.385. The molecule has 2 aliphatic rings. The van der Waals surface area contributed by atoms with E-state index in [1.165, 1.54) is 32.4 Å². The zero-order valence-corrected chi connectivity index (χ0v) is 13.0. The van der Waals surface area contributed by atoms with Gasteiger partial charge in [-0.15, -0.1) is 0 Å². The van der Waals surface area contributed by atoms with Crippen molar-refractivity contribution in [2.75, 3.05) is 26.2 Å². The SMILES string of the molecule is CCCOc1ccc(C(O)CN2CC3CCCC3C2)cc1. The molecule has 3 unspecified atom stereocenters. The highest BCUT2D eigenvalue weighted by Crippen LogP contribution is 2.38. The van der Waals surface area contributed by atoms with Gasteiger partial charge in [-0.3, -0.25) is 4.90 Å². The summed E-state index contributed by atoms with van der Waals surface area (Å²) in [6, 6.07) is 7.92. The first-order valence-corrected chi connectivity index (χ1v) is 8.39. The van der Waals surface area contributed by atoms with Crippen LogP contribution in [0.1, 0.15) is 44.3 Å². The number of hydrogen-bond acceptors (Lipinski definition) is 3. The van der Waals surface area contributed by atoms with Gasteiger partial charge in [0.25, 0.3) is 0 Å². The summed E-state index contributed by atoms with van der Waals surface area (Å²) in [7, 11) is 0. The van der Waals surface area contributed by atoms with Crippen LogP contribution in [0.25, 0.3) is 0 Å². The molecule has 1 aliphatic carbocycles. The average molecular weight is 289 g/mol. The van der Waals surface area contributed by atoms with E-state index < -0.39 is 0 Å². The van der Waals surface area contributed by atoms with Crippen LogP contribution < -0.4 is 4.74 Å². The van der Waals surface area contributed by atoms with Crippen LogP contribution in [0.3, 0.4) is 0 Å². The number of likely N-dealkylation sites (tertiary alicyclic amines) is 1. The van der Waals surface area contributed by atoms with Gasteiger partial charge < -0.3 is 9.84 Å². The highest BCUT2D eigenvalue weighted by Gasteiger charge is 2.36. The molecule has 116 valence electrons. The second-order valence-electron chi connectivity index (χ2n) is 6.60.